The minimum Gasteiger partial charge on any atom is -0.342 e. The molecule has 2 saturated heterocycles. The summed E-state index contributed by atoms with van der Waals surface area (Å²) in [5.74, 6) is 0.722. The summed E-state index contributed by atoms with van der Waals surface area (Å²) < 4.78 is 0. The number of nitrogens with one attached hydrogen (secondary N) is 1. The molecular weight excluding hydrogens is 388 g/mol. The van der Waals surface area contributed by atoms with E-state index < -0.39 is 0 Å². The first-order chi connectivity index (χ1) is 15.1. The molecule has 1 aromatic carbocycles. The van der Waals surface area contributed by atoms with Crippen molar-refractivity contribution in [3.05, 3.63) is 66.0 Å². The third kappa shape index (κ3) is 4.22. The fourth-order valence-electron chi connectivity index (χ4n) is 5.05. The molecule has 1 saturated carbocycles. The zero-order chi connectivity index (χ0) is 21.3. The second-order valence-electron chi connectivity index (χ2n) is 9.08. The van der Waals surface area contributed by atoms with Crippen molar-refractivity contribution in [2.24, 2.45) is 5.92 Å². The van der Waals surface area contributed by atoms with Crippen LogP contribution < -0.4 is 5.32 Å². The number of amides is 2. The lowest BCUT2D eigenvalue weighted by Crippen LogP contribution is -2.60. The molecule has 0 bridgehead atoms. The number of nitrogens with zero attached hydrogens (tertiary/aromatic N) is 3. The first kappa shape index (κ1) is 20.2. The van der Waals surface area contributed by atoms with E-state index in [1.807, 2.05) is 46.2 Å². The molecule has 2 aromatic rings. The van der Waals surface area contributed by atoms with Crippen LogP contribution in [0.4, 0.5) is 0 Å². The Morgan fingerprint density at radius 3 is 2.48 bits per heavy atom. The number of pyridine rings is 1. The van der Waals surface area contributed by atoms with Crippen LogP contribution in [0.25, 0.3) is 0 Å². The van der Waals surface area contributed by atoms with E-state index in [1.165, 1.54) is 0 Å². The highest BCUT2D eigenvalue weighted by Gasteiger charge is 2.52. The van der Waals surface area contributed by atoms with E-state index in [9.17, 15) is 9.59 Å². The second-order valence-corrected chi connectivity index (χ2v) is 9.08. The number of hydrogen-bond acceptors (Lipinski definition) is 4. The molecule has 0 unspecified atom stereocenters. The molecule has 5 rings (SSSR count). The minimum absolute atomic E-state index is 0.168. The van der Waals surface area contributed by atoms with E-state index in [0.717, 1.165) is 43.4 Å². The molecule has 162 valence electrons. The number of aromatic nitrogens is 1. The van der Waals surface area contributed by atoms with Crippen LogP contribution in [0.15, 0.2) is 54.7 Å². The van der Waals surface area contributed by atoms with Gasteiger partial charge in [0, 0.05) is 56.7 Å². The van der Waals surface area contributed by atoms with E-state index in [-0.39, 0.29) is 23.5 Å². The first-order valence-corrected chi connectivity index (χ1v) is 11.5. The number of carbonyl (C=O) groups is 2. The molecule has 2 aliphatic heterocycles. The Morgan fingerprint density at radius 2 is 1.81 bits per heavy atom. The van der Waals surface area contributed by atoms with Crippen molar-refractivity contribution in [2.45, 2.75) is 50.2 Å². The number of carbonyl (C=O) groups excluding carboxylic acids is 2. The Hall–Kier alpha value is -2.73. The topological polar surface area (TPSA) is 65.5 Å². The summed E-state index contributed by atoms with van der Waals surface area (Å²) in [6.07, 6.45) is 6.86. The molecule has 1 aromatic heterocycles. The van der Waals surface area contributed by atoms with Crippen molar-refractivity contribution in [3.63, 3.8) is 0 Å². The van der Waals surface area contributed by atoms with Gasteiger partial charge in [0.2, 0.25) is 11.8 Å². The van der Waals surface area contributed by atoms with Gasteiger partial charge in [-0.1, -0.05) is 36.4 Å². The largest absolute Gasteiger partial charge is 0.342 e. The fourth-order valence-corrected chi connectivity index (χ4v) is 5.05. The molecule has 1 atom stereocenters. The summed E-state index contributed by atoms with van der Waals surface area (Å²) in [4.78, 5) is 34.5. The van der Waals surface area contributed by atoms with E-state index in [0.29, 0.717) is 32.0 Å². The lowest BCUT2D eigenvalue weighted by Gasteiger charge is -2.44. The van der Waals surface area contributed by atoms with Crippen LogP contribution in [-0.2, 0) is 22.4 Å². The van der Waals surface area contributed by atoms with Crippen LogP contribution in [0, 0.1) is 5.92 Å². The van der Waals surface area contributed by atoms with Gasteiger partial charge in [0.25, 0.3) is 0 Å². The molecule has 3 fully saturated rings. The molecule has 31 heavy (non-hydrogen) atoms. The molecule has 3 heterocycles. The first-order valence-electron chi connectivity index (χ1n) is 11.5. The van der Waals surface area contributed by atoms with Crippen LogP contribution >= 0.6 is 0 Å². The van der Waals surface area contributed by atoms with Gasteiger partial charge in [0.15, 0.2) is 0 Å². The molecule has 1 aliphatic carbocycles. The highest BCUT2D eigenvalue weighted by atomic mass is 16.2. The zero-order valence-corrected chi connectivity index (χ0v) is 17.9. The molecule has 3 aliphatic rings. The Kier molecular flexibility index (Phi) is 5.48. The summed E-state index contributed by atoms with van der Waals surface area (Å²) >= 11 is 0. The average Bonchev–Trinajstić information content (AvgIpc) is 3.62. The van der Waals surface area contributed by atoms with Crippen molar-refractivity contribution >= 4 is 11.8 Å². The Bertz CT molecular complexity index is 921. The van der Waals surface area contributed by atoms with Gasteiger partial charge in [-0.05, 0) is 37.0 Å². The van der Waals surface area contributed by atoms with Crippen molar-refractivity contribution < 1.29 is 9.59 Å². The van der Waals surface area contributed by atoms with Gasteiger partial charge < -0.3 is 9.80 Å². The summed E-state index contributed by atoms with van der Waals surface area (Å²) in [7, 11) is 0. The van der Waals surface area contributed by atoms with Crippen LogP contribution in [-0.4, -0.2) is 57.9 Å². The summed E-state index contributed by atoms with van der Waals surface area (Å²) in [6.45, 7) is 2.08. The molecule has 0 radical (unpaired) electrons. The van der Waals surface area contributed by atoms with Crippen LogP contribution in [0.2, 0.25) is 0 Å². The van der Waals surface area contributed by atoms with E-state index in [2.05, 4.69) is 22.4 Å². The van der Waals surface area contributed by atoms with Gasteiger partial charge in [-0.15, -0.1) is 0 Å². The smallest absolute Gasteiger partial charge is 0.241 e. The van der Waals surface area contributed by atoms with E-state index in [1.54, 1.807) is 6.20 Å². The maximum atomic E-state index is 13.5. The Labute approximate surface area is 183 Å². The normalized spacial score (nSPS) is 22.8. The molecule has 1 N–H and O–H groups in total. The fraction of sp³-hybridized carbons (Fsp3) is 0.480. The highest BCUT2D eigenvalue weighted by molar-refractivity contribution is 5.86. The van der Waals surface area contributed by atoms with Crippen molar-refractivity contribution in [3.8, 4) is 0 Å². The predicted molar refractivity (Wildman–Crippen MR) is 118 cm³/mol. The SMILES string of the molecule is O=C(C1CC1)N1CCC2(CC1)N[C@@H](Cc1ccccc1)C(=O)N2CCc1ccccn1. The predicted octanol–water partition coefficient (Wildman–Crippen LogP) is 2.40. The standard InChI is InChI=1S/C25H30N4O2/c30-23(20-9-10-20)28-16-12-25(13-17-28)27-22(18-19-6-2-1-3-7-19)24(31)29(25)15-11-21-8-4-5-14-26-21/h1-8,14,20,22,27H,9-13,15-18H2/t22-/m0/s1. The van der Waals surface area contributed by atoms with Crippen LogP contribution in [0.1, 0.15) is 36.9 Å². The molecule has 6 heteroatoms. The van der Waals surface area contributed by atoms with Gasteiger partial charge in [-0.2, -0.15) is 0 Å². The monoisotopic (exact) mass is 418 g/mol. The minimum atomic E-state index is -0.369. The molecule has 6 nitrogen and oxygen atoms in total. The average molecular weight is 419 g/mol. The quantitative estimate of drug-likeness (QED) is 0.782. The summed E-state index contributed by atoms with van der Waals surface area (Å²) in [5, 5.41) is 3.71. The lowest BCUT2D eigenvalue weighted by atomic mass is 9.95. The lowest BCUT2D eigenvalue weighted by molar-refractivity contribution is -0.137. The van der Waals surface area contributed by atoms with Crippen LogP contribution in [0.3, 0.4) is 0 Å². The van der Waals surface area contributed by atoms with E-state index in [4.69, 9.17) is 0 Å². The van der Waals surface area contributed by atoms with E-state index >= 15 is 0 Å². The summed E-state index contributed by atoms with van der Waals surface area (Å²) in [6, 6.07) is 15.9. The van der Waals surface area contributed by atoms with Crippen molar-refractivity contribution in [1.82, 2.24) is 20.1 Å². The maximum absolute atomic E-state index is 13.5. The Morgan fingerprint density at radius 1 is 1.06 bits per heavy atom. The van der Waals surface area contributed by atoms with Gasteiger partial charge in [-0.25, -0.2) is 0 Å². The molecule has 2 amide bonds. The number of rotatable bonds is 6. The van der Waals surface area contributed by atoms with Gasteiger partial charge in [-0.3, -0.25) is 19.9 Å². The van der Waals surface area contributed by atoms with Crippen molar-refractivity contribution in [1.29, 1.82) is 0 Å². The second kappa shape index (κ2) is 8.42. The maximum Gasteiger partial charge on any atom is 0.241 e. The highest BCUT2D eigenvalue weighted by Crippen LogP contribution is 2.36. The van der Waals surface area contributed by atoms with Gasteiger partial charge in [0.05, 0.1) is 11.7 Å². The number of likely N-dealkylation sites (tertiary alicyclic amines) is 1. The summed E-state index contributed by atoms with van der Waals surface area (Å²) in [5.41, 5.74) is 1.79. The third-order valence-corrected chi connectivity index (χ3v) is 6.95. The zero-order valence-electron chi connectivity index (χ0n) is 17.9. The van der Waals surface area contributed by atoms with Gasteiger partial charge >= 0.3 is 0 Å². The van der Waals surface area contributed by atoms with Crippen LogP contribution in [0.5, 0.6) is 0 Å². The number of benzene rings is 1. The molecular formula is C25H30N4O2. The van der Waals surface area contributed by atoms with Gasteiger partial charge in [0.1, 0.15) is 0 Å². The number of piperidine rings is 1. The Balaban J connectivity index is 1.33. The molecule has 1 spiro atoms. The number of hydrogen-bond donors (Lipinski definition) is 1. The van der Waals surface area contributed by atoms with Crippen molar-refractivity contribution in [2.75, 3.05) is 19.6 Å². The third-order valence-electron chi connectivity index (χ3n) is 6.95.